The molecule has 21 heavy (non-hydrogen) atoms. The summed E-state index contributed by atoms with van der Waals surface area (Å²) in [5.74, 6) is 0.272. The largest absolute Gasteiger partial charge is 0.487 e. The van der Waals surface area contributed by atoms with Gasteiger partial charge in [0, 0.05) is 13.1 Å². The summed E-state index contributed by atoms with van der Waals surface area (Å²) in [6.45, 7) is 8.50. The Morgan fingerprint density at radius 2 is 2.05 bits per heavy atom. The fourth-order valence-electron chi connectivity index (χ4n) is 2.11. The number of likely N-dealkylation sites (N-methyl/N-ethyl adjacent to an activating group) is 1. The van der Waals surface area contributed by atoms with Crippen molar-refractivity contribution in [1.82, 2.24) is 0 Å². The van der Waals surface area contributed by atoms with E-state index < -0.39 is 10.5 Å². The van der Waals surface area contributed by atoms with E-state index in [9.17, 15) is 15.2 Å². The molecular weight excluding hydrogens is 272 g/mol. The summed E-state index contributed by atoms with van der Waals surface area (Å²) in [6, 6.07) is 5.03. The molecule has 1 aromatic rings. The van der Waals surface area contributed by atoms with Crippen LogP contribution >= 0.6 is 0 Å². The number of rotatable bonds is 8. The van der Waals surface area contributed by atoms with Crippen LogP contribution in [-0.4, -0.2) is 35.3 Å². The zero-order valence-electron chi connectivity index (χ0n) is 13.1. The molecule has 0 aromatic heterocycles. The Morgan fingerprint density at radius 3 is 2.52 bits per heavy atom. The lowest BCUT2D eigenvalue weighted by Gasteiger charge is -2.29. The molecule has 0 saturated heterocycles. The van der Waals surface area contributed by atoms with Gasteiger partial charge in [-0.25, -0.2) is 0 Å². The summed E-state index contributed by atoms with van der Waals surface area (Å²) in [6.07, 6.45) is 0.780. The Bertz CT molecular complexity index is 483. The summed E-state index contributed by atoms with van der Waals surface area (Å²) in [4.78, 5) is 12.8. The fraction of sp³-hybridized carbons (Fsp3) is 0.600. The minimum atomic E-state index is -0.940. The number of para-hydroxylation sites is 1. The SMILES string of the molecule is CCCOc1cccc(N(CC)CC(C)(C)O)c1[N+](=O)[O-]. The van der Waals surface area contributed by atoms with Crippen molar-refractivity contribution in [2.75, 3.05) is 24.6 Å². The first-order chi connectivity index (χ1) is 9.80. The third kappa shape index (κ3) is 4.90. The van der Waals surface area contributed by atoms with Crippen LogP contribution in [0.25, 0.3) is 0 Å². The lowest BCUT2D eigenvalue weighted by Crippen LogP contribution is -2.38. The number of nitro benzene ring substituents is 1. The number of nitrogens with zero attached hydrogens (tertiary/aromatic N) is 2. The number of ether oxygens (including phenoxy) is 1. The van der Waals surface area contributed by atoms with Crippen LogP contribution in [0, 0.1) is 10.1 Å². The van der Waals surface area contributed by atoms with E-state index in [1.54, 1.807) is 36.9 Å². The van der Waals surface area contributed by atoms with Gasteiger partial charge >= 0.3 is 5.69 Å². The van der Waals surface area contributed by atoms with Gasteiger partial charge in [0.15, 0.2) is 5.75 Å². The van der Waals surface area contributed by atoms with Gasteiger partial charge in [-0.1, -0.05) is 13.0 Å². The third-order valence-corrected chi connectivity index (χ3v) is 2.92. The molecule has 6 heteroatoms. The maximum absolute atomic E-state index is 11.4. The molecule has 118 valence electrons. The van der Waals surface area contributed by atoms with Gasteiger partial charge in [0.25, 0.3) is 0 Å². The average Bonchev–Trinajstić information content (AvgIpc) is 2.40. The van der Waals surface area contributed by atoms with Gasteiger partial charge < -0.3 is 14.7 Å². The van der Waals surface area contributed by atoms with Crippen LogP contribution in [-0.2, 0) is 0 Å². The number of benzene rings is 1. The lowest BCUT2D eigenvalue weighted by molar-refractivity contribution is -0.385. The second-order valence-electron chi connectivity index (χ2n) is 5.56. The standard InChI is InChI=1S/C15H24N2O4/c1-5-10-21-13-9-7-8-12(14(13)17(19)20)16(6-2)11-15(3,4)18/h7-9,18H,5-6,10-11H2,1-4H3. The second-order valence-corrected chi connectivity index (χ2v) is 5.56. The van der Waals surface area contributed by atoms with Crippen molar-refractivity contribution in [3.8, 4) is 5.75 Å². The normalized spacial score (nSPS) is 11.3. The highest BCUT2D eigenvalue weighted by Gasteiger charge is 2.27. The van der Waals surface area contributed by atoms with E-state index in [1.165, 1.54) is 0 Å². The Balaban J connectivity index is 3.23. The van der Waals surface area contributed by atoms with Crippen LogP contribution in [0.2, 0.25) is 0 Å². The number of hydrogen-bond donors (Lipinski definition) is 1. The fourth-order valence-corrected chi connectivity index (χ4v) is 2.11. The van der Waals surface area contributed by atoms with E-state index in [0.29, 0.717) is 25.4 Å². The van der Waals surface area contributed by atoms with Gasteiger partial charge in [0.1, 0.15) is 5.69 Å². The van der Waals surface area contributed by atoms with Crippen LogP contribution in [0.4, 0.5) is 11.4 Å². The van der Waals surface area contributed by atoms with Crippen molar-refractivity contribution in [1.29, 1.82) is 0 Å². The highest BCUT2D eigenvalue weighted by Crippen LogP contribution is 2.37. The predicted molar refractivity (Wildman–Crippen MR) is 83.1 cm³/mol. The molecule has 0 unspecified atom stereocenters. The van der Waals surface area contributed by atoms with E-state index >= 15 is 0 Å². The molecule has 6 nitrogen and oxygen atoms in total. The van der Waals surface area contributed by atoms with Crippen molar-refractivity contribution >= 4 is 11.4 Å². The van der Waals surface area contributed by atoms with Gasteiger partial charge in [0.05, 0.1) is 17.1 Å². The molecule has 0 bridgehead atoms. The van der Waals surface area contributed by atoms with Crippen LogP contribution < -0.4 is 9.64 Å². The highest BCUT2D eigenvalue weighted by atomic mass is 16.6. The second kappa shape index (κ2) is 7.26. The van der Waals surface area contributed by atoms with Gasteiger partial charge in [0.2, 0.25) is 0 Å². The lowest BCUT2D eigenvalue weighted by atomic mass is 10.1. The summed E-state index contributed by atoms with van der Waals surface area (Å²) >= 11 is 0. The average molecular weight is 296 g/mol. The summed E-state index contributed by atoms with van der Waals surface area (Å²) in [5.41, 5.74) is -0.514. The third-order valence-electron chi connectivity index (χ3n) is 2.92. The molecule has 0 amide bonds. The number of aliphatic hydroxyl groups is 1. The topological polar surface area (TPSA) is 75.8 Å². The number of hydrogen-bond acceptors (Lipinski definition) is 5. The minimum absolute atomic E-state index is 0.0444. The van der Waals surface area contributed by atoms with Crippen molar-refractivity contribution in [3.63, 3.8) is 0 Å². The van der Waals surface area contributed by atoms with E-state index in [2.05, 4.69) is 0 Å². The van der Waals surface area contributed by atoms with Gasteiger partial charge in [-0.05, 0) is 39.3 Å². The van der Waals surface area contributed by atoms with E-state index in [0.717, 1.165) is 6.42 Å². The van der Waals surface area contributed by atoms with Crippen molar-refractivity contribution in [2.24, 2.45) is 0 Å². The molecule has 1 aromatic carbocycles. The van der Waals surface area contributed by atoms with Crippen LogP contribution in [0.1, 0.15) is 34.1 Å². The molecule has 0 heterocycles. The first-order valence-corrected chi connectivity index (χ1v) is 7.17. The number of nitro groups is 1. The zero-order valence-corrected chi connectivity index (χ0v) is 13.1. The first kappa shape index (κ1) is 17.2. The van der Waals surface area contributed by atoms with Crippen molar-refractivity contribution in [2.45, 2.75) is 39.7 Å². The summed E-state index contributed by atoms with van der Waals surface area (Å²) in [5, 5.41) is 21.4. The van der Waals surface area contributed by atoms with Crippen molar-refractivity contribution < 1.29 is 14.8 Å². The molecule has 1 N–H and O–H groups in total. The molecule has 0 aliphatic rings. The molecule has 0 aliphatic heterocycles. The van der Waals surface area contributed by atoms with Crippen LogP contribution in [0.5, 0.6) is 5.75 Å². The Kier molecular flexibility index (Phi) is 5.96. The Labute approximate surface area is 125 Å². The van der Waals surface area contributed by atoms with Gasteiger partial charge in [-0.3, -0.25) is 10.1 Å². The van der Waals surface area contributed by atoms with Gasteiger partial charge in [-0.15, -0.1) is 0 Å². The highest BCUT2D eigenvalue weighted by molar-refractivity contribution is 5.69. The molecule has 0 aliphatic carbocycles. The molecule has 0 fully saturated rings. The Morgan fingerprint density at radius 1 is 1.38 bits per heavy atom. The molecule has 0 spiro atoms. The molecule has 1 rings (SSSR count). The van der Waals surface area contributed by atoms with E-state index in [4.69, 9.17) is 4.74 Å². The van der Waals surface area contributed by atoms with Gasteiger partial charge in [-0.2, -0.15) is 0 Å². The van der Waals surface area contributed by atoms with Crippen LogP contribution in [0.15, 0.2) is 18.2 Å². The smallest absolute Gasteiger partial charge is 0.333 e. The molecule has 0 saturated carbocycles. The molecule has 0 radical (unpaired) electrons. The first-order valence-electron chi connectivity index (χ1n) is 7.17. The monoisotopic (exact) mass is 296 g/mol. The van der Waals surface area contributed by atoms with E-state index in [-0.39, 0.29) is 11.4 Å². The Hall–Kier alpha value is -1.82. The van der Waals surface area contributed by atoms with Crippen molar-refractivity contribution in [3.05, 3.63) is 28.3 Å². The molecule has 0 atom stereocenters. The molecular formula is C15H24N2O4. The predicted octanol–water partition coefficient (Wildman–Crippen LogP) is 2.98. The minimum Gasteiger partial charge on any atom is -0.487 e. The van der Waals surface area contributed by atoms with E-state index in [1.807, 2.05) is 13.8 Å². The number of anilines is 1. The zero-order chi connectivity index (χ0) is 16.0. The summed E-state index contributed by atoms with van der Waals surface area (Å²) < 4.78 is 5.48. The van der Waals surface area contributed by atoms with Crippen LogP contribution in [0.3, 0.4) is 0 Å². The maximum Gasteiger partial charge on any atom is 0.333 e. The maximum atomic E-state index is 11.4. The quantitative estimate of drug-likeness (QED) is 0.589. The summed E-state index contributed by atoms with van der Waals surface area (Å²) in [7, 11) is 0.